The minimum atomic E-state index is -3.53. The molecule has 2 heterocycles. The van der Waals surface area contributed by atoms with Crippen molar-refractivity contribution in [2.75, 3.05) is 19.8 Å². The van der Waals surface area contributed by atoms with Crippen LogP contribution in [-0.2, 0) is 21.3 Å². The zero-order valence-corrected chi connectivity index (χ0v) is 13.0. The van der Waals surface area contributed by atoms with Crippen molar-refractivity contribution >= 4 is 10.0 Å². The highest BCUT2D eigenvalue weighted by Crippen LogP contribution is 2.22. The average Bonchev–Trinajstić information content (AvgIpc) is 2.97. The Bertz CT molecular complexity index is 589. The number of sulfonamides is 1. The third-order valence-corrected chi connectivity index (χ3v) is 5.58. The minimum absolute atomic E-state index is 0.264. The molecule has 1 saturated heterocycles. The first kappa shape index (κ1) is 15.0. The standard InChI is InChI=1S/C13H22N4O3S/c1-9-13(12(17-16-9)7-14-11-2-3-11)21(18,19)15-6-10-4-5-20-8-10/h10-11,14-15H,2-8H2,1H3,(H,16,17). The second kappa shape index (κ2) is 6.04. The number of nitrogens with zero attached hydrogens (tertiary/aromatic N) is 1. The van der Waals surface area contributed by atoms with Crippen LogP contribution in [0.4, 0.5) is 0 Å². The molecule has 0 aromatic carbocycles. The van der Waals surface area contributed by atoms with Crippen molar-refractivity contribution in [2.45, 2.75) is 43.7 Å². The van der Waals surface area contributed by atoms with Gasteiger partial charge in [0.1, 0.15) is 4.90 Å². The van der Waals surface area contributed by atoms with E-state index in [2.05, 4.69) is 20.2 Å². The normalized spacial score (nSPS) is 22.8. The Morgan fingerprint density at radius 2 is 2.19 bits per heavy atom. The van der Waals surface area contributed by atoms with Gasteiger partial charge in [-0.15, -0.1) is 0 Å². The van der Waals surface area contributed by atoms with E-state index < -0.39 is 10.0 Å². The van der Waals surface area contributed by atoms with Gasteiger partial charge in [-0.3, -0.25) is 5.10 Å². The Morgan fingerprint density at radius 3 is 2.86 bits per heavy atom. The van der Waals surface area contributed by atoms with Crippen molar-refractivity contribution in [1.29, 1.82) is 0 Å². The number of nitrogens with one attached hydrogen (secondary N) is 3. The monoisotopic (exact) mass is 314 g/mol. The van der Waals surface area contributed by atoms with Crippen LogP contribution in [0.1, 0.15) is 30.7 Å². The summed E-state index contributed by atoms with van der Waals surface area (Å²) < 4.78 is 33.0. The minimum Gasteiger partial charge on any atom is -0.381 e. The quantitative estimate of drug-likeness (QED) is 0.672. The van der Waals surface area contributed by atoms with E-state index >= 15 is 0 Å². The number of hydrogen-bond donors (Lipinski definition) is 3. The summed E-state index contributed by atoms with van der Waals surface area (Å²) in [5, 5.41) is 10.2. The van der Waals surface area contributed by atoms with E-state index in [1.807, 2.05) is 0 Å². The third-order valence-electron chi connectivity index (χ3n) is 3.95. The van der Waals surface area contributed by atoms with Gasteiger partial charge in [-0.1, -0.05) is 0 Å². The molecule has 1 unspecified atom stereocenters. The molecule has 1 aromatic heterocycles. The third kappa shape index (κ3) is 3.63. The van der Waals surface area contributed by atoms with Crippen molar-refractivity contribution in [3.05, 3.63) is 11.4 Å². The van der Waals surface area contributed by atoms with Crippen LogP contribution in [0.5, 0.6) is 0 Å². The summed E-state index contributed by atoms with van der Waals surface area (Å²) in [4.78, 5) is 0.287. The van der Waals surface area contributed by atoms with Crippen molar-refractivity contribution < 1.29 is 13.2 Å². The van der Waals surface area contributed by atoms with Crippen LogP contribution in [0.25, 0.3) is 0 Å². The molecule has 1 aromatic rings. The van der Waals surface area contributed by atoms with E-state index in [1.165, 1.54) is 0 Å². The van der Waals surface area contributed by atoms with E-state index in [1.54, 1.807) is 6.92 Å². The zero-order valence-electron chi connectivity index (χ0n) is 12.2. The fourth-order valence-corrected chi connectivity index (χ4v) is 3.99. The van der Waals surface area contributed by atoms with Crippen molar-refractivity contribution in [2.24, 2.45) is 5.92 Å². The summed E-state index contributed by atoms with van der Waals surface area (Å²) >= 11 is 0. The Labute approximate surface area is 124 Å². The van der Waals surface area contributed by atoms with Gasteiger partial charge in [-0.25, -0.2) is 13.1 Å². The molecule has 0 radical (unpaired) electrons. The van der Waals surface area contributed by atoms with Crippen molar-refractivity contribution in [3.8, 4) is 0 Å². The van der Waals surface area contributed by atoms with Gasteiger partial charge in [-0.2, -0.15) is 5.10 Å². The molecular formula is C13H22N4O3S. The lowest BCUT2D eigenvalue weighted by molar-refractivity contribution is 0.186. The highest BCUT2D eigenvalue weighted by atomic mass is 32.2. The summed E-state index contributed by atoms with van der Waals surface area (Å²) in [5.41, 5.74) is 1.15. The average molecular weight is 314 g/mol. The van der Waals surface area contributed by atoms with E-state index in [-0.39, 0.29) is 10.8 Å². The Kier molecular flexibility index (Phi) is 4.30. The Morgan fingerprint density at radius 1 is 1.38 bits per heavy atom. The van der Waals surface area contributed by atoms with Crippen molar-refractivity contribution in [1.82, 2.24) is 20.2 Å². The number of hydrogen-bond acceptors (Lipinski definition) is 5. The predicted molar refractivity (Wildman–Crippen MR) is 77.3 cm³/mol. The molecular weight excluding hydrogens is 292 g/mol. The number of aryl methyl sites for hydroxylation is 1. The highest BCUT2D eigenvalue weighted by Gasteiger charge is 2.27. The number of rotatable bonds is 7. The smallest absolute Gasteiger partial charge is 0.244 e. The maximum absolute atomic E-state index is 12.5. The summed E-state index contributed by atoms with van der Waals surface area (Å²) in [6, 6.07) is 0.515. The molecule has 0 bridgehead atoms. The first-order chi connectivity index (χ1) is 10.1. The lowest BCUT2D eigenvalue weighted by atomic mass is 10.1. The van der Waals surface area contributed by atoms with Gasteiger partial charge in [0.05, 0.1) is 18.0 Å². The summed E-state index contributed by atoms with van der Waals surface area (Å²) in [5.74, 6) is 0.264. The first-order valence-electron chi connectivity index (χ1n) is 7.41. The van der Waals surface area contributed by atoms with Crippen LogP contribution >= 0.6 is 0 Å². The van der Waals surface area contributed by atoms with Crippen LogP contribution in [0.3, 0.4) is 0 Å². The molecule has 1 saturated carbocycles. The molecule has 0 spiro atoms. The summed E-state index contributed by atoms with van der Waals surface area (Å²) in [7, 11) is -3.53. The SMILES string of the molecule is Cc1[nH]nc(CNC2CC2)c1S(=O)(=O)NCC1CCOC1. The van der Waals surface area contributed by atoms with Gasteiger partial charge >= 0.3 is 0 Å². The zero-order chi connectivity index (χ0) is 14.9. The summed E-state index contributed by atoms with van der Waals surface area (Å²) in [6.07, 6.45) is 3.22. The van der Waals surface area contributed by atoms with E-state index in [4.69, 9.17) is 4.74 Å². The van der Waals surface area contributed by atoms with Crippen molar-refractivity contribution in [3.63, 3.8) is 0 Å². The second-order valence-corrected chi connectivity index (χ2v) is 7.56. The fraction of sp³-hybridized carbons (Fsp3) is 0.769. The van der Waals surface area contributed by atoms with E-state index in [0.29, 0.717) is 43.7 Å². The van der Waals surface area contributed by atoms with Crippen LogP contribution < -0.4 is 10.0 Å². The molecule has 3 rings (SSSR count). The van der Waals surface area contributed by atoms with Crippen LogP contribution in [0, 0.1) is 12.8 Å². The molecule has 21 heavy (non-hydrogen) atoms. The van der Waals surface area contributed by atoms with Gasteiger partial charge in [0, 0.05) is 25.7 Å². The topological polar surface area (TPSA) is 96.1 Å². The number of aromatic amines is 1. The van der Waals surface area contributed by atoms with Gasteiger partial charge in [-0.05, 0) is 32.1 Å². The van der Waals surface area contributed by atoms with Crippen LogP contribution in [0.15, 0.2) is 4.90 Å². The Balaban J connectivity index is 1.68. The molecule has 3 N–H and O–H groups in total. The maximum atomic E-state index is 12.5. The van der Waals surface area contributed by atoms with Gasteiger partial charge in [0.15, 0.2) is 0 Å². The van der Waals surface area contributed by atoms with Gasteiger partial charge in [0.2, 0.25) is 10.0 Å². The molecule has 118 valence electrons. The summed E-state index contributed by atoms with van der Waals surface area (Å²) in [6.45, 7) is 3.98. The van der Waals surface area contributed by atoms with Crippen LogP contribution in [0.2, 0.25) is 0 Å². The number of aromatic nitrogens is 2. The molecule has 8 heteroatoms. The lowest BCUT2D eigenvalue weighted by Crippen LogP contribution is -2.31. The van der Waals surface area contributed by atoms with E-state index in [0.717, 1.165) is 19.3 Å². The fourth-order valence-electron chi connectivity index (χ4n) is 2.52. The molecule has 1 aliphatic heterocycles. The largest absolute Gasteiger partial charge is 0.381 e. The lowest BCUT2D eigenvalue weighted by Gasteiger charge is -2.11. The molecule has 1 atom stereocenters. The van der Waals surface area contributed by atoms with Crippen LogP contribution in [-0.4, -0.2) is 44.4 Å². The Hall–Kier alpha value is -0.960. The molecule has 1 aliphatic carbocycles. The maximum Gasteiger partial charge on any atom is 0.244 e. The molecule has 0 amide bonds. The molecule has 2 aliphatic rings. The highest BCUT2D eigenvalue weighted by molar-refractivity contribution is 7.89. The van der Waals surface area contributed by atoms with Gasteiger partial charge < -0.3 is 10.1 Å². The predicted octanol–water partition coefficient (Wildman–Crippen LogP) is 0.285. The number of H-pyrrole nitrogens is 1. The first-order valence-corrected chi connectivity index (χ1v) is 8.89. The second-order valence-electron chi connectivity index (χ2n) is 5.86. The van der Waals surface area contributed by atoms with E-state index in [9.17, 15) is 8.42 Å². The molecule has 2 fully saturated rings. The van der Waals surface area contributed by atoms with Gasteiger partial charge in [0.25, 0.3) is 0 Å². The number of ether oxygens (including phenoxy) is 1. The molecule has 7 nitrogen and oxygen atoms in total.